The number of aryl methyl sites for hydroxylation is 2. The number of carbonyl (C=O) groups excluding carboxylic acids is 2. The van der Waals surface area contributed by atoms with Crippen molar-refractivity contribution in [2.75, 3.05) is 0 Å². The second kappa shape index (κ2) is 9.46. The number of nitrogens with two attached hydrogens (primary N) is 1. The Morgan fingerprint density at radius 3 is 2.48 bits per heavy atom. The van der Waals surface area contributed by atoms with Gasteiger partial charge in [0.05, 0.1) is 15.9 Å². The zero-order valence-electron chi connectivity index (χ0n) is 16.8. The smallest absolute Gasteiger partial charge is 0.269 e. The highest BCUT2D eigenvalue weighted by molar-refractivity contribution is 7.89. The molecular weight excluding hydrogens is 442 g/mol. The summed E-state index contributed by atoms with van der Waals surface area (Å²) < 4.78 is 25.2. The van der Waals surface area contributed by atoms with Crippen LogP contribution >= 0.6 is 11.6 Å². The topological polar surface area (TPSA) is 136 Å². The van der Waals surface area contributed by atoms with E-state index in [1.54, 1.807) is 30.3 Å². The van der Waals surface area contributed by atoms with Gasteiger partial charge in [0.25, 0.3) is 5.91 Å². The van der Waals surface area contributed by atoms with Gasteiger partial charge in [-0.3, -0.25) is 20.4 Å². The van der Waals surface area contributed by atoms with Crippen LogP contribution in [0.5, 0.6) is 0 Å². The molecule has 2 amide bonds. The summed E-state index contributed by atoms with van der Waals surface area (Å²) in [7, 11) is -3.84. The minimum absolute atomic E-state index is 0.0182. The number of carbonyl (C=O) groups is 2. The molecule has 0 aliphatic heterocycles. The number of hydrogen-bond acceptors (Lipinski definition) is 5. The van der Waals surface area contributed by atoms with E-state index in [9.17, 15) is 18.0 Å². The van der Waals surface area contributed by atoms with Crippen molar-refractivity contribution in [2.24, 2.45) is 5.14 Å². The number of nitrogens with one attached hydrogen (secondary N) is 2. The van der Waals surface area contributed by atoms with Gasteiger partial charge in [-0.2, -0.15) is 0 Å². The number of amides is 2. The highest BCUT2D eigenvalue weighted by Gasteiger charge is 2.16. The Balaban J connectivity index is 1.67. The van der Waals surface area contributed by atoms with Crippen LogP contribution in [0.15, 0.2) is 47.4 Å². The summed E-state index contributed by atoms with van der Waals surface area (Å²) in [5, 5.41) is 5.71. The maximum atomic E-state index is 12.2. The van der Waals surface area contributed by atoms with Crippen LogP contribution in [0, 0.1) is 0 Å². The third kappa shape index (κ3) is 5.60. The van der Waals surface area contributed by atoms with E-state index in [2.05, 4.69) is 15.8 Å². The molecular formula is C20H22ClN5O4S. The predicted molar refractivity (Wildman–Crippen MR) is 117 cm³/mol. The molecule has 2 aromatic carbocycles. The Hall–Kier alpha value is -2.95. The normalized spacial score (nSPS) is 11.5. The van der Waals surface area contributed by atoms with E-state index in [0.717, 1.165) is 11.9 Å². The van der Waals surface area contributed by atoms with E-state index in [1.165, 1.54) is 12.1 Å². The lowest BCUT2D eigenvalue weighted by Crippen LogP contribution is -2.41. The minimum Gasteiger partial charge on any atom is -0.328 e. The van der Waals surface area contributed by atoms with Crippen molar-refractivity contribution >= 4 is 44.5 Å². The van der Waals surface area contributed by atoms with Gasteiger partial charge >= 0.3 is 0 Å². The van der Waals surface area contributed by atoms with E-state index >= 15 is 0 Å². The standard InChI is InChI=1S/C20H22ClN5O4S/c1-2-11-26-17-8-7-15(31(22,29)30)12-16(17)23-18(26)9-10-19(27)24-25-20(28)13-3-5-14(21)6-4-13/h3-8,12H,2,9-11H2,1H3,(H,24,27)(H,25,28)(H2,22,29,30). The number of hydrogen-bond donors (Lipinski definition) is 3. The SMILES string of the molecule is CCCn1c(CCC(=O)NNC(=O)c2ccc(Cl)cc2)nc2cc(S(N)(=O)=O)ccc21. The molecule has 0 aliphatic carbocycles. The fourth-order valence-electron chi connectivity index (χ4n) is 3.09. The van der Waals surface area contributed by atoms with Crippen molar-refractivity contribution in [1.82, 2.24) is 20.4 Å². The summed E-state index contributed by atoms with van der Waals surface area (Å²) in [6.07, 6.45) is 1.22. The molecule has 3 rings (SSSR count). The molecule has 0 fully saturated rings. The minimum atomic E-state index is -3.84. The average Bonchev–Trinajstić information content (AvgIpc) is 3.07. The van der Waals surface area contributed by atoms with E-state index in [1.807, 2.05) is 11.5 Å². The van der Waals surface area contributed by atoms with E-state index in [0.29, 0.717) is 34.9 Å². The number of benzene rings is 2. The van der Waals surface area contributed by atoms with Gasteiger partial charge in [-0.15, -0.1) is 0 Å². The molecule has 0 radical (unpaired) electrons. The van der Waals surface area contributed by atoms with Crippen LogP contribution in [0.2, 0.25) is 5.02 Å². The molecule has 11 heteroatoms. The van der Waals surface area contributed by atoms with Crippen molar-refractivity contribution in [1.29, 1.82) is 0 Å². The number of sulfonamides is 1. The van der Waals surface area contributed by atoms with E-state index in [-0.39, 0.29) is 17.2 Å². The molecule has 1 aromatic heterocycles. The summed E-state index contributed by atoms with van der Waals surface area (Å²) in [4.78, 5) is 28.7. The zero-order chi connectivity index (χ0) is 22.6. The molecule has 164 valence electrons. The molecule has 3 aromatic rings. The number of nitrogens with zero attached hydrogens (tertiary/aromatic N) is 2. The van der Waals surface area contributed by atoms with Crippen LogP contribution in [0.4, 0.5) is 0 Å². The zero-order valence-corrected chi connectivity index (χ0v) is 18.3. The van der Waals surface area contributed by atoms with Crippen LogP contribution < -0.4 is 16.0 Å². The first kappa shape index (κ1) is 22.7. The van der Waals surface area contributed by atoms with Crippen LogP contribution in [0.3, 0.4) is 0 Å². The monoisotopic (exact) mass is 463 g/mol. The Bertz CT molecular complexity index is 1220. The van der Waals surface area contributed by atoms with Gasteiger partial charge < -0.3 is 4.57 Å². The largest absolute Gasteiger partial charge is 0.328 e. The maximum Gasteiger partial charge on any atom is 0.269 e. The van der Waals surface area contributed by atoms with Crippen molar-refractivity contribution < 1.29 is 18.0 Å². The van der Waals surface area contributed by atoms with Crippen molar-refractivity contribution in [3.05, 3.63) is 58.9 Å². The summed E-state index contributed by atoms with van der Waals surface area (Å²) in [5.41, 5.74) is 6.35. The maximum absolute atomic E-state index is 12.2. The number of hydrazine groups is 1. The number of aromatic nitrogens is 2. The number of rotatable bonds is 7. The molecule has 0 unspecified atom stereocenters. The fraction of sp³-hybridized carbons (Fsp3) is 0.250. The lowest BCUT2D eigenvalue weighted by molar-refractivity contribution is -0.121. The van der Waals surface area contributed by atoms with Gasteiger partial charge in [0, 0.05) is 30.0 Å². The van der Waals surface area contributed by atoms with Crippen molar-refractivity contribution in [2.45, 2.75) is 37.6 Å². The molecule has 4 N–H and O–H groups in total. The molecule has 0 spiro atoms. The molecule has 0 bridgehead atoms. The highest BCUT2D eigenvalue weighted by atomic mass is 35.5. The van der Waals surface area contributed by atoms with E-state index in [4.69, 9.17) is 16.7 Å². The summed E-state index contributed by atoms with van der Waals surface area (Å²) >= 11 is 5.79. The van der Waals surface area contributed by atoms with Gasteiger partial charge in [-0.1, -0.05) is 18.5 Å². The first-order valence-corrected chi connectivity index (χ1v) is 11.5. The molecule has 9 nitrogen and oxygen atoms in total. The van der Waals surface area contributed by atoms with Crippen molar-refractivity contribution in [3.8, 4) is 0 Å². The molecule has 0 saturated carbocycles. The van der Waals surface area contributed by atoms with Gasteiger partial charge in [-0.05, 0) is 48.9 Å². The molecule has 0 aliphatic rings. The second-order valence-corrected chi connectivity index (χ2v) is 8.88. The quantitative estimate of drug-likeness (QED) is 0.461. The Morgan fingerprint density at radius 1 is 1.13 bits per heavy atom. The van der Waals surface area contributed by atoms with E-state index < -0.39 is 15.9 Å². The Labute approximate surface area is 184 Å². The highest BCUT2D eigenvalue weighted by Crippen LogP contribution is 2.21. The lowest BCUT2D eigenvalue weighted by atomic mass is 10.2. The first-order valence-electron chi connectivity index (χ1n) is 9.55. The van der Waals surface area contributed by atoms with Crippen LogP contribution in [0.25, 0.3) is 11.0 Å². The van der Waals surface area contributed by atoms with Gasteiger partial charge in [0.15, 0.2) is 0 Å². The molecule has 1 heterocycles. The van der Waals surface area contributed by atoms with Gasteiger partial charge in [-0.25, -0.2) is 18.5 Å². The first-order chi connectivity index (χ1) is 14.7. The van der Waals surface area contributed by atoms with Crippen LogP contribution in [-0.4, -0.2) is 29.8 Å². The number of imidazole rings is 1. The van der Waals surface area contributed by atoms with Crippen LogP contribution in [-0.2, 0) is 27.8 Å². The van der Waals surface area contributed by atoms with Gasteiger partial charge in [0.1, 0.15) is 5.82 Å². The number of halogens is 1. The summed E-state index contributed by atoms with van der Waals surface area (Å²) in [5.74, 6) is -0.205. The molecule has 31 heavy (non-hydrogen) atoms. The predicted octanol–water partition coefficient (Wildman–Crippen LogP) is 2.14. The molecule has 0 atom stereocenters. The van der Waals surface area contributed by atoms with Gasteiger partial charge in [0.2, 0.25) is 15.9 Å². The average molecular weight is 464 g/mol. The lowest BCUT2D eigenvalue weighted by Gasteiger charge is -2.09. The fourth-order valence-corrected chi connectivity index (χ4v) is 3.75. The molecule has 0 saturated heterocycles. The third-order valence-electron chi connectivity index (χ3n) is 4.57. The summed E-state index contributed by atoms with van der Waals surface area (Å²) in [6.45, 7) is 2.67. The third-order valence-corrected chi connectivity index (χ3v) is 5.74. The van der Waals surface area contributed by atoms with Crippen molar-refractivity contribution in [3.63, 3.8) is 0 Å². The van der Waals surface area contributed by atoms with Crippen LogP contribution in [0.1, 0.15) is 35.9 Å². The second-order valence-electron chi connectivity index (χ2n) is 6.88. The Kier molecular flexibility index (Phi) is 6.94. The number of fused-ring (bicyclic) bond motifs is 1. The summed E-state index contributed by atoms with van der Waals surface area (Å²) in [6, 6.07) is 10.8. The number of primary sulfonamides is 1. The Morgan fingerprint density at radius 2 is 1.84 bits per heavy atom.